The van der Waals surface area contributed by atoms with E-state index in [2.05, 4.69) is 204 Å². The lowest BCUT2D eigenvalue weighted by Gasteiger charge is -2.26. The van der Waals surface area contributed by atoms with Crippen molar-refractivity contribution in [2.45, 2.75) is 0 Å². The Balaban J connectivity index is 1.28. The predicted molar refractivity (Wildman–Crippen MR) is 204 cm³/mol. The molecule has 0 aliphatic rings. The lowest BCUT2D eigenvalue weighted by molar-refractivity contribution is 1.18. The molecule has 2 heteroatoms. The molecule has 0 aliphatic heterocycles. The van der Waals surface area contributed by atoms with Crippen LogP contribution >= 0.6 is 0 Å². The molecular weight excluding hydrogens is 581 g/mol. The van der Waals surface area contributed by atoms with Crippen LogP contribution < -0.4 is 4.90 Å². The molecule has 0 atom stereocenters. The molecule has 0 saturated heterocycles. The summed E-state index contributed by atoms with van der Waals surface area (Å²) in [5, 5.41) is 4.99. The number of benzene rings is 8. The first kappa shape index (κ1) is 27.9. The van der Waals surface area contributed by atoms with Crippen LogP contribution in [0.4, 0.5) is 17.1 Å². The monoisotopic (exact) mass is 612 g/mol. The molecule has 0 amide bonds. The van der Waals surface area contributed by atoms with E-state index in [1.165, 1.54) is 54.8 Å². The molecule has 0 spiro atoms. The molecule has 1 aromatic heterocycles. The second-order valence-electron chi connectivity index (χ2n) is 12.2. The molecule has 2 nitrogen and oxygen atoms in total. The van der Waals surface area contributed by atoms with E-state index >= 15 is 0 Å². The number of hydrogen-bond acceptors (Lipinski definition) is 1. The summed E-state index contributed by atoms with van der Waals surface area (Å²) in [7, 11) is 0. The van der Waals surface area contributed by atoms with E-state index in [4.69, 9.17) is 0 Å². The topological polar surface area (TPSA) is 8.17 Å². The van der Waals surface area contributed by atoms with Crippen molar-refractivity contribution < 1.29 is 0 Å². The Morgan fingerprint density at radius 1 is 0.354 bits per heavy atom. The van der Waals surface area contributed by atoms with E-state index in [1.807, 2.05) is 0 Å². The van der Waals surface area contributed by atoms with Crippen molar-refractivity contribution in [2.24, 2.45) is 0 Å². The first-order valence-electron chi connectivity index (χ1n) is 16.4. The van der Waals surface area contributed by atoms with Gasteiger partial charge in [-0.3, -0.25) is 0 Å². The Hall–Kier alpha value is -6.38. The second kappa shape index (κ2) is 11.8. The molecule has 0 bridgehead atoms. The standard InChI is InChI=1S/C46H32N2/c1-4-15-33(16-5-1)34-27-29-39(30-28-34)47(37-19-6-2-7-20-37)40-23-14-18-36(31-40)45-41-24-11-10-17-35(41)32-44-46(45)42-25-12-13-26-43(42)48(44)38-21-8-3-9-22-38/h1-32H. The van der Waals surface area contributed by atoms with Crippen LogP contribution in [-0.2, 0) is 0 Å². The summed E-state index contributed by atoms with van der Waals surface area (Å²) >= 11 is 0. The minimum absolute atomic E-state index is 1.11. The van der Waals surface area contributed by atoms with Gasteiger partial charge in [-0.2, -0.15) is 0 Å². The Kier molecular flexibility index (Phi) is 6.84. The van der Waals surface area contributed by atoms with E-state index in [0.29, 0.717) is 0 Å². The zero-order valence-corrected chi connectivity index (χ0v) is 26.4. The molecule has 9 rings (SSSR count). The van der Waals surface area contributed by atoms with Gasteiger partial charge >= 0.3 is 0 Å². The van der Waals surface area contributed by atoms with Crippen LogP contribution in [0.5, 0.6) is 0 Å². The van der Waals surface area contributed by atoms with Crippen molar-refractivity contribution >= 4 is 49.6 Å². The summed E-state index contributed by atoms with van der Waals surface area (Å²) in [6.45, 7) is 0. The molecule has 0 radical (unpaired) electrons. The Labute approximate surface area is 280 Å². The molecule has 0 unspecified atom stereocenters. The van der Waals surface area contributed by atoms with Crippen LogP contribution in [0, 0.1) is 0 Å². The van der Waals surface area contributed by atoms with Gasteiger partial charge in [0, 0.05) is 33.5 Å². The number of aromatic nitrogens is 1. The van der Waals surface area contributed by atoms with Gasteiger partial charge in [-0.1, -0.05) is 133 Å². The zero-order chi connectivity index (χ0) is 31.9. The highest BCUT2D eigenvalue weighted by molar-refractivity contribution is 6.23. The number of anilines is 3. The molecular formula is C46H32N2. The average Bonchev–Trinajstić information content (AvgIpc) is 3.49. The largest absolute Gasteiger partial charge is 0.310 e. The Bertz CT molecular complexity index is 2530. The highest BCUT2D eigenvalue weighted by atomic mass is 15.1. The minimum Gasteiger partial charge on any atom is -0.310 e. The van der Waals surface area contributed by atoms with Gasteiger partial charge in [0.1, 0.15) is 0 Å². The van der Waals surface area contributed by atoms with E-state index in [1.54, 1.807) is 0 Å². The molecule has 0 aliphatic carbocycles. The maximum atomic E-state index is 2.41. The molecule has 0 fully saturated rings. The summed E-state index contributed by atoms with van der Waals surface area (Å²) in [6.07, 6.45) is 0. The fourth-order valence-corrected chi connectivity index (χ4v) is 7.20. The van der Waals surface area contributed by atoms with Gasteiger partial charge in [0.15, 0.2) is 0 Å². The summed E-state index contributed by atoms with van der Waals surface area (Å²) in [6, 6.07) is 69.8. The van der Waals surface area contributed by atoms with Gasteiger partial charge in [-0.25, -0.2) is 0 Å². The normalized spacial score (nSPS) is 11.3. The third-order valence-electron chi connectivity index (χ3n) is 9.34. The lowest BCUT2D eigenvalue weighted by Crippen LogP contribution is -2.09. The highest BCUT2D eigenvalue weighted by Gasteiger charge is 2.20. The molecule has 48 heavy (non-hydrogen) atoms. The summed E-state index contributed by atoms with van der Waals surface area (Å²) < 4.78 is 2.41. The predicted octanol–water partition coefficient (Wildman–Crippen LogP) is 12.7. The zero-order valence-electron chi connectivity index (χ0n) is 26.4. The third kappa shape index (κ3) is 4.74. The number of rotatable bonds is 6. The second-order valence-corrected chi connectivity index (χ2v) is 12.2. The van der Waals surface area contributed by atoms with Crippen LogP contribution in [-0.4, -0.2) is 4.57 Å². The Morgan fingerprint density at radius 2 is 0.917 bits per heavy atom. The van der Waals surface area contributed by atoms with E-state index in [9.17, 15) is 0 Å². The van der Waals surface area contributed by atoms with Gasteiger partial charge in [0.05, 0.1) is 11.0 Å². The number of nitrogens with zero attached hydrogens (tertiary/aromatic N) is 2. The van der Waals surface area contributed by atoms with Crippen LogP contribution in [0.1, 0.15) is 0 Å². The maximum Gasteiger partial charge on any atom is 0.0553 e. The van der Waals surface area contributed by atoms with Gasteiger partial charge < -0.3 is 9.47 Å². The summed E-state index contributed by atoms with van der Waals surface area (Å²) in [5.41, 5.74) is 11.8. The first-order valence-corrected chi connectivity index (χ1v) is 16.4. The van der Waals surface area contributed by atoms with Crippen molar-refractivity contribution in [1.82, 2.24) is 4.57 Å². The van der Waals surface area contributed by atoms with E-state index < -0.39 is 0 Å². The van der Waals surface area contributed by atoms with Crippen molar-refractivity contribution in [1.29, 1.82) is 0 Å². The SMILES string of the molecule is c1ccc(-c2ccc(N(c3ccccc3)c3cccc(-c4c5ccccc5cc5c4c4ccccc4n5-c4ccccc4)c3)cc2)cc1. The molecule has 1 heterocycles. The lowest BCUT2D eigenvalue weighted by atomic mass is 9.93. The van der Waals surface area contributed by atoms with Crippen molar-refractivity contribution in [2.75, 3.05) is 4.90 Å². The van der Waals surface area contributed by atoms with Gasteiger partial charge in [-0.05, 0) is 93.7 Å². The van der Waals surface area contributed by atoms with Crippen molar-refractivity contribution in [3.63, 3.8) is 0 Å². The van der Waals surface area contributed by atoms with E-state index in [-0.39, 0.29) is 0 Å². The smallest absolute Gasteiger partial charge is 0.0553 e. The first-order chi connectivity index (χ1) is 23.8. The molecule has 0 saturated carbocycles. The maximum absolute atomic E-state index is 2.41. The van der Waals surface area contributed by atoms with Gasteiger partial charge in [0.2, 0.25) is 0 Å². The molecule has 8 aromatic carbocycles. The molecule has 9 aromatic rings. The van der Waals surface area contributed by atoms with Gasteiger partial charge in [0.25, 0.3) is 0 Å². The number of para-hydroxylation sites is 3. The quantitative estimate of drug-likeness (QED) is 0.181. The van der Waals surface area contributed by atoms with Crippen LogP contribution in [0.3, 0.4) is 0 Å². The molecule has 226 valence electrons. The number of hydrogen-bond donors (Lipinski definition) is 0. The Morgan fingerprint density at radius 3 is 1.69 bits per heavy atom. The third-order valence-corrected chi connectivity index (χ3v) is 9.34. The van der Waals surface area contributed by atoms with Gasteiger partial charge in [-0.15, -0.1) is 0 Å². The summed E-state index contributed by atoms with van der Waals surface area (Å²) in [4.78, 5) is 2.36. The number of fused-ring (bicyclic) bond motifs is 4. The summed E-state index contributed by atoms with van der Waals surface area (Å²) in [5.74, 6) is 0. The fraction of sp³-hybridized carbons (Fsp3) is 0. The highest BCUT2D eigenvalue weighted by Crippen LogP contribution is 2.45. The average molecular weight is 613 g/mol. The van der Waals surface area contributed by atoms with Crippen LogP contribution in [0.15, 0.2) is 194 Å². The van der Waals surface area contributed by atoms with Crippen LogP contribution in [0.25, 0.3) is 60.5 Å². The van der Waals surface area contributed by atoms with Crippen LogP contribution in [0.2, 0.25) is 0 Å². The van der Waals surface area contributed by atoms with E-state index in [0.717, 1.165) is 22.7 Å². The molecule has 0 N–H and O–H groups in total. The fourth-order valence-electron chi connectivity index (χ4n) is 7.20. The minimum atomic E-state index is 1.11. The van der Waals surface area contributed by atoms with Crippen molar-refractivity contribution in [3.8, 4) is 27.9 Å². The van der Waals surface area contributed by atoms with Crippen molar-refractivity contribution in [3.05, 3.63) is 194 Å².